The number of carbonyl (C=O) groups excluding carboxylic acids is 1. The number of amides is 1. The number of benzene rings is 1. The first-order valence-electron chi connectivity index (χ1n) is 8.57. The van der Waals surface area contributed by atoms with Crippen LogP contribution in [0.15, 0.2) is 30.3 Å². The zero-order chi connectivity index (χ0) is 16.2. The zero-order valence-corrected chi connectivity index (χ0v) is 14.0. The van der Waals surface area contributed by atoms with Gasteiger partial charge in [-0.2, -0.15) is 0 Å². The topological polar surface area (TPSA) is 53.6 Å². The molecule has 0 aromatic heterocycles. The molecule has 4 atom stereocenters. The number of hydrogen-bond donors (Lipinski definition) is 2. The van der Waals surface area contributed by atoms with Crippen molar-refractivity contribution in [1.82, 2.24) is 15.5 Å². The van der Waals surface area contributed by atoms with Gasteiger partial charge in [0, 0.05) is 31.7 Å². The Morgan fingerprint density at radius 2 is 2.13 bits per heavy atom. The van der Waals surface area contributed by atoms with E-state index in [2.05, 4.69) is 46.7 Å². The Morgan fingerprint density at radius 3 is 2.87 bits per heavy atom. The maximum atomic E-state index is 12.5. The van der Waals surface area contributed by atoms with Gasteiger partial charge in [-0.05, 0) is 25.8 Å². The molecule has 0 bridgehead atoms. The SMILES string of the molecule is CC1CC(NC(=O)[C@H]2NCCO[C@@H]2C)CN1Cc1ccccc1. The number of nitrogens with zero attached hydrogens (tertiary/aromatic N) is 1. The van der Waals surface area contributed by atoms with Crippen molar-refractivity contribution < 1.29 is 9.53 Å². The van der Waals surface area contributed by atoms with Gasteiger partial charge in [-0.3, -0.25) is 9.69 Å². The minimum absolute atomic E-state index is 0.0657. The van der Waals surface area contributed by atoms with Crippen LogP contribution < -0.4 is 10.6 Å². The first kappa shape index (κ1) is 16.4. The quantitative estimate of drug-likeness (QED) is 0.874. The molecule has 2 fully saturated rings. The summed E-state index contributed by atoms with van der Waals surface area (Å²) in [5, 5.41) is 6.46. The highest BCUT2D eigenvalue weighted by atomic mass is 16.5. The summed E-state index contributed by atoms with van der Waals surface area (Å²) >= 11 is 0. The average Bonchev–Trinajstić information content (AvgIpc) is 2.88. The van der Waals surface area contributed by atoms with E-state index in [1.54, 1.807) is 0 Å². The molecule has 2 unspecified atom stereocenters. The van der Waals surface area contributed by atoms with Gasteiger partial charge in [-0.25, -0.2) is 0 Å². The highest BCUT2D eigenvalue weighted by Gasteiger charge is 2.34. The molecule has 2 aliphatic rings. The molecular weight excluding hydrogens is 290 g/mol. The van der Waals surface area contributed by atoms with Crippen LogP contribution in [-0.2, 0) is 16.1 Å². The number of hydrogen-bond acceptors (Lipinski definition) is 4. The molecule has 5 nitrogen and oxygen atoms in total. The molecule has 2 N–H and O–H groups in total. The van der Waals surface area contributed by atoms with E-state index in [9.17, 15) is 4.79 Å². The predicted molar refractivity (Wildman–Crippen MR) is 90.1 cm³/mol. The number of ether oxygens (including phenoxy) is 1. The largest absolute Gasteiger partial charge is 0.375 e. The van der Waals surface area contributed by atoms with Crippen molar-refractivity contribution in [2.45, 2.75) is 51.0 Å². The summed E-state index contributed by atoms with van der Waals surface area (Å²) < 4.78 is 5.56. The molecule has 1 amide bonds. The third-order valence-electron chi connectivity index (χ3n) is 4.88. The van der Waals surface area contributed by atoms with E-state index in [-0.39, 0.29) is 24.1 Å². The average molecular weight is 317 g/mol. The summed E-state index contributed by atoms with van der Waals surface area (Å²) in [6.45, 7) is 7.45. The molecule has 2 aliphatic heterocycles. The highest BCUT2D eigenvalue weighted by molar-refractivity contribution is 5.82. The van der Waals surface area contributed by atoms with Crippen LogP contribution in [0, 0.1) is 0 Å². The van der Waals surface area contributed by atoms with Crippen molar-refractivity contribution in [2.24, 2.45) is 0 Å². The van der Waals surface area contributed by atoms with Gasteiger partial charge in [-0.15, -0.1) is 0 Å². The van der Waals surface area contributed by atoms with E-state index >= 15 is 0 Å². The fourth-order valence-corrected chi connectivity index (χ4v) is 3.56. The first-order chi connectivity index (χ1) is 11.1. The van der Waals surface area contributed by atoms with Crippen LogP contribution in [-0.4, -0.2) is 54.7 Å². The van der Waals surface area contributed by atoms with Gasteiger partial charge in [0.05, 0.1) is 12.7 Å². The minimum Gasteiger partial charge on any atom is -0.375 e. The van der Waals surface area contributed by atoms with Crippen LogP contribution in [0.5, 0.6) is 0 Å². The summed E-state index contributed by atoms with van der Waals surface area (Å²) in [6, 6.07) is 11.0. The Morgan fingerprint density at radius 1 is 1.35 bits per heavy atom. The van der Waals surface area contributed by atoms with Crippen molar-refractivity contribution in [3.8, 4) is 0 Å². The van der Waals surface area contributed by atoms with Gasteiger partial charge in [0.2, 0.25) is 5.91 Å². The summed E-state index contributed by atoms with van der Waals surface area (Å²) in [4.78, 5) is 14.9. The van der Waals surface area contributed by atoms with E-state index in [1.165, 1.54) is 5.56 Å². The fourth-order valence-electron chi connectivity index (χ4n) is 3.56. The van der Waals surface area contributed by atoms with E-state index in [1.807, 2.05) is 13.0 Å². The van der Waals surface area contributed by atoms with E-state index in [0.717, 1.165) is 26.1 Å². The molecule has 2 heterocycles. The smallest absolute Gasteiger partial charge is 0.240 e. The van der Waals surface area contributed by atoms with E-state index in [4.69, 9.17) is 4.74 Å². The van der Waals surface area contributed by atoms with Gasteiger partial charge < -0.3 is 15.4 Å². The molecule has 3 rings (SSSR count). The Hall–Kier alpha value is -1.43. The molecule has 0 saturated carbocycles. The molecule has 0 spiro atoms. The van der Waals surface area contributed by atoms with E-state index in [0.29, 0.717) is 12.6 Å². The predicted octanol–water partition coefficient (Wildman–Crippen LogP) is 1.14. The van der Waals surface area contributed by atoms with Crippen LogP contribution in [0.25, 0.3) is 0 Å². The molecule has 1 aromatic rings. The van der Waals surface area contributed by atoms with Crippen molar-refractivity contribution in [1.29, 1.82) is 0 Å². The van der Waals surface area contributed by atoms with E-state index < -0.39 is 0 Å². The summed E-state index contributed by atoms with van der Waals surface area (Å²) in [5.41, 5.74) is 1.32. The lowest BCUT2D eigenvalue weighted by Gasteiger charge is -2.30. The lowest BCUT2D eigenvalue weighted by molar-refractivity contribution is -0.129. The zero-order valence-electron chi connectivity index (χ0n) is 14.0. The second kappa shape index (κ2) is 7.43. The number of nitrogens with one attached hydrogen (secondary N) is 2. The molecule has 126 valence electrons. The van der Waals surface area contributed by atoms with Crippen molar-refractivity contribution in [3.05, 3.63) is 35.9 Å². The molecule has 0 aliphatic carbocycles. The standard InChI is InChI=1S/C18H27N3O2/c1-13-10-16(12-21(13)11-15-6-4-3-5-7-15)20-18(22)17-14(2)23-9-8-19-17/h3-7,13-14,16-17,19H,8-12H2,1-2H3,(H,20,22)/t13?,14-,16?,17+/m1/s1. The number of rotatable bonds is 4. The van der Waals surface area contributed by atoms with Crippen molar-refractivity contribution in [2.75, 3.05) is 19.7 Å². The maximum absolute atomic E-state index is 12.5. The highest BCUT2D eigenvalue weighted by Crippen LogP contribution is 2.20. The third-order valence-corrected chi connectivity index (χ3v) is 4.88. The molecule has 2 saturated heterocycles. The summed E-state index contributed by atoms with van der Waals surface area (Å²) in [6.07, 6.45) is 0.934. The van der Waals surface area contributed by atoms with Gasteiger partial charge in [-0.1, -0.05) is 30.3 Å². The molecule has 5 heteroatoms. The van der Waals surface area contributed by atoms with Crippen LogP contribution >= 0.6 is 0 Å². The van der Waals surface area contributed by atoms with Crippen LogP contribution in [0.3, 0.4) is 0 Å². The monoisotopic (exact) mass is 317 g/mol. The summed E-state index contributed by atoms with van der Waals surface area (Å²) in [5.74, 6) is 0.0657. The Labute approximate surface area is 138 Å². The van der Waals surface area contributed by atoms with Crippen LogP contribution in [0.1, 0.15) is 25.8 Å². The lowest BCUT2D eigenvalue weighted by Crippen LogP contribution is -2.57. The second-order valence-corrected chi connectivity index (χ2v) is 6.71. The Bertz CT molecular complexity index is 522. The minimum atomic E-state index is -0.234. The van der Waals surface area contributed by atoms with Crippen LogP contribution in [0.2, 0.25) is 0 Å². The van der Waals surface area contributed by atoms with Crippen molar-refractivity contribution in [3.63, 3.8) is 0 Å². The van der Waals surface area contributed by atoms with Crippen molar-refractivity contribution >= 4 is 5.91 Å². The number of carbonyl (C=O) groups is 1. The summed E-state index contributed by atoms with van der Waals surface area (Å²) in [7, 11) is 0. The van der Waals surface area contributed by atoms with Crippen LogP contribution in [0.4, 0.5) is 0 Å². The molecule has 23 heavy (non-hydrogen) atoms. The van der Waals surface area contributed by atoms with Gasteiger partial charge in [0.15, 0.2) is 0 Å². The molecule has 0 radical (unpaired) electrons. The number of morpholine rings is 1. The van der Waals surface area contributed by atoms with Gasteiger partial charge in [0.25, 0.3) is 0 Å². The Kier molecular flexibility index (Phi) is 5.30. The normalized spacial score (nSPS) is 31.9. The van der Waals surface area contributed by atoms with Gasteiger partial charge >= 0.3 is 0 Å². The first-order valence-corrected chi connectivity index (χ1v) is 8.57. The van der Waals surface area contributed by atoms with Gasteiger partial charge in [0.1, 0.15) is 6.04 Å². The lowest BCUT2D eigenvalue weighted by atomic mass is 10.1. The molecule has 1 aromatic carbocycles. The fraction of sp³-hybridized carbons (Fsp3) is 0.611. The Balaban J connectivity index is 1.53. The third kappa shape index (κ3) is 4.10. The second-order valence-electron chi connectivity index (χ2n) is 6.71. The molecular formula is C18H27N3O2. The maximum Gasteiger partial charge on any atom is 0.240 e. The number of likely N-dealkylation sites (tertiary alicyclic amines) is 1.